The summed E-state index contributed by atoms with van der Waals surface area (Å²) < 4.78 is 21.3. The van der Waals surface area contributed by atoms with E-state index in [4.69, 9.17) is 18.9 Å². The largest absolute Gasteiger partial charge is 0.496 e. The molecule has 0 saturated carbocycles. The van der Waals surface area contributed by atoms with Crippen LogP contribution < -0.4 is 19.5 Å². The third-order valence-corrected chi connectivity index (χ3v) is 4.51. The Balaban J connectivity index is 2.07. The van der Waals surface area contributed by atoms with Crippen molar-refractivity contribution in [3.63, 3.8) is 0 Å². The number of nitro benzene ring substituents is 1. The molecule has 166 valence electrons. The normalized spacial score (nSPS) is 10.2. The van der Waals surface area contributed by atoms with Crippen molar-refractivity contribution in [2.75, 3.05) is 32.8 Å². The molecule has 2 aromatic rings. The maximum atomic E-state index is 12.4. The molecule has 11 heteroatoms. The molecule has 0 aromatic heterocycles. The number of methoxy groups -OCH3 is 2. The second kappa shape index (κ2) is 11.2. The maximum absolute atomic E-state index is 12.4. The number of nitro groups is 1. The van der Waals surface area contributed by atoms with E-state index in [2.05, 4.69) is 21.2 Å². The molecule has 0 aliphatic carbocycles. The Morgan fingerprint density at radius 1 is 1.16 bits per heavy atom. The summed E-state index contributed by atoms with van der Waals surface area (Å²) in [5.41, 5.74) is -0.264. The van der Waals surface area contributed by atoms with E-state index in [1.54, 1.807) is 0 Å². The van der Waals surface area contributed by atoms with Crippen LogP contribution in [0.4, 0.5) is 11.4 Å². The standard InChI is InChI=1S/C20H21BrN2O8/c1-4-7-30-19-14(21)8-12(9-17(19)29-3)20(25)31-11-18(24)22-15-6-5-13(28-2)10-16(15)23(26)27/h5-6,8-10H,4,7,11H2,1-3H3,(H,22,24). The second-order valence-electron chi connectivity index (χ2n) is 6.10. The van der Waals surface area contributed by atoms with Crippen molar-refractivity contribution in [1.29, 1.82) is 0 Å². The number of benzene rings is 2. The fourth-order valence-electron chi connectivity index (χ4n) is 2.48. The highest BCUT2D eigenvalue weighted by Crippen LogP contribution is 2.37. The van der Waals surface area contributed by atoms with Crippen LogP contribution in [-0.2, 0) is 9.53 Å². The molecule has 0 fully saturated rings. The smallest absolute Gasteiger partial charge is 0.338 e. The molecule has 31 heavy (non-hydrogen) atoms. The van der Waals surface area contributed by atoms with Crippen LogP contribution in [-0.4, -0.2) is 44.2 Å². The van der Waals surface area contributed by atoms with E-state index in [0.717, 1.165) is 6.42 Å². The first kappa shape index (κ1) is 23.9. The fourth-order valence-corrected chi connectivity index (χ4v) is 3.03. The Kier molecular flexibility index (Phi) is 8.62. The van der Waals surface area contributed by atoms with Gasteiger partial charge in [-0.3, -0.25) is 14.9 Å². The molecule has 0 saturated heterocycles. The van der Waals surface area contributed by atoms with Crippen molar-refractivity contribution >= 4 is 39.2 Å². The number of amides is 1. The van der Waals surface area contributed by atoms with E-state index >= 15 is 0 Å². The van der Waals surface area contributed by atoms with Crippen molar-refractivity contribution in [1.82, 2.24) is 0 Å². The van der Waals surface area contributed by atoms with Crippen LogP contribution in [0.3, 0.4) is 0 Å². The number of nitrogens with one attached hydrogen (secondary N) is 1. The highest BCUT2D eigenvalue weighted by molar-refractivity contribution is 9.10. The number of ether oxygens (including phenoxy) is 4. The van der Waals surface area contributed by atoms with Crippen LogP contribution in [0.2, 0.25) is 0 Å². The molecular weight excluding hydrogens is 476 g/mol. The van der Waals surface area contributed by atoms with Crippen LogP contribution in [0.1, 0.15) is 23.7 Å². The Hall–Kier alpha value is -3.34. The van der Waals surface area contributed by atoms with E-state index in [1.165, 1.54) is 44.6 Å². The number of hydrogen-bond acceptors (Lipinski definition) is 8. The number of anilines is 1. The first-order chi connectivity index (χ1) is 14.8. The molecule has 0 spiro atoms. The second-order valence-corrected chi connectivity index (χ2v) is 6.96. The van der Waals surface area contributed by atoms with Gasteiger partial charge in [0.05, 0.1) is 41.9 Å². The maximum Gasteiger partial charge on any atom is 0.338 e. The number of halogens is 1. The molecule has 0 radical (unpaired) electrons. The topological polar surface area (TPSA) is 126 Å². The third-order valence-electron chi connectivity index (χ3n) is 3.93. The monoisotopic (exact) mass is 496 g/mol. The number of rotatable bonds is 10. The quantitative estimate of drug-likeness (QED) is 0.297. The van der Waals surface area contributed by atoms with E-state index in [-0.39, 0.29) is 22.7 Å². The zero-order chi connectivity index (χ0) is 23.0. The molecule has 2 aromatic carbocycles. The molecule has 0 aliphatic heterocycles. The van der Waals surface area contributed by atoms with Crippen molar-refractivity contribution in [3.8, 4) is 17.2 Å². The lowest BCUT2D eigenvalue weighted by atomic mass is 10.2. The molecule has 0 unspecified atom stereocenters. The number of carbonyl (C=O) groups excluding carboxylic acids is 2. The Bertz CT molecular complexity index is 980. The van der Waals surface area contributed by atoms with E-state index < -0.39 is 23.4 Å². The van der Waals surface area contributed by atoms with Gasteiger partial charge in [0.25, 0.3) is 11.6 Å². The van der Waals surface area contributed by atoms with E-state index in [9.17, 15) is 19.7 Å². The van der Waals surface area contributed by atoms with Crippen molar-refractivity contribution in [2.45, 2.75) is 13.3 Å². The lowest BCUT2D eigenvalue weighted by Crippen LogP contribution is -2.21. The minimum Gasteiger partial charge on any atom is -0.496 e. The summed E-state index contributed by atoms with van der Waals surface area (Å²) in [7, 11) is 2.80. The highest BCUT2D eigenvalue weighted by Gasteiger charge is 2.20. The molecule has 0 heterocycles. The molecular formula is C20H21BrN2O8. The summed E-state index contributed by atoms with van der Waals surface area (Å²) in [5.74, 6) is -0.475. The molecule has 10 nitrogen and oxygen atoms in total. The summed E-state index contributed by atoms with van der Waals surface area (Å²) in [6, 6.07) is 6.88. The van der Waals surface area contributed by atoms with Crippen LogP contribution in [0, 0.1) is 10.1 Å². The summed E-state index contributed by atoms with van der Waals surface area (Å²) in [6.07, 6.45) is 0.793. The van der Waals surface area contributed by atoms with Crippen LogP contribution >= 0.6 is 15.9 Å². The Morgan fingerprint density at radius 3 is 2.52 bits per heavy atom. The summed E-state index contributed by atoms with van der Waals surface area (Å²) >= 11 is 3.33. The van der Waals surface area contributed by atoms with Gasteiger partial charge in [-0.05, 0) is 46.6 Å². The van der Waals surface area contributed by atoms with Gasteiger partial charge in [-0.2, -0.15) is 0 Å². The van der Waals surface area contributed by atoms with Gasteiger partial charge in [0.2, 0.25) is 0 Å². The number of carbonyl (C=O) groups is 2. The molecule has 2 rings (SSSR count). The highest BCUT2D eigenvalue weighted by atomic mass is 79.9. The summed E-state index contributed by atoms with van der Waals surface area (Å²) in [4.78, 5) is 35.0. The van der Waals surface area contributed by atoms with Gasteiger partial charge in [0, 0.05) is 0 Å². The lowest BCUT2D eigenvalue weighted by molar-refractivity contribution is -0.384. The van der Waals surface area contributed by atoms with Crippen LogP contribution in [0.5, 0.6) is 17.2 Å². The molecule has 1 amide bonds. The molecule has 0 aliphatic rings. The van der Waals surface area contributed by atoms with Crippen molar-refractivity contribution in [3.05, 3.63) is 50.5 Å². The summed E-state index contributed by atoms with van der Waals surface area (Å²) in [6.45, 7) is 1.78. The number of hydrogen-bond donors (Lipinski definition) is 1. The van der Waals surface area contributed by atoms with Gasteiger partial charge < -0.3 is 24.3 Å². The van der Waals surface area contributed by atoms with Crippen molar-refractivity contribution in [2.24, 2.45) is 0 Å². The third kappa shape index (κ3) is 6.32. The van der Waals surface area contributed by atoms with Gasteiger partial charge in [-0.15, -0.1) is 0 Å². The van der Waals surface area contributed by atoms with E-state index in [1.807, 2.05) is 6.92 Å². The SMILES string of the molecule is CCCOc1c(Br)cc(C(=O)OCC(=O)Nc2ccc(OC)cc2[N+](=O)[O-])cc1OC. The minimum atomic E-state index is -0.777. The number of nitrogens with zero attached hydrogens (tertiary/aromatic N) is 1. The molecule has 0 bridgehead atoms. The fraction of sp³-hybridized carbons (Fsp3) is 0.300. The first-order valence-electron chi connectivity index (χ1n) is 9.10. The Morgan fingerprint density at radius 2 is 1.90 bits per heavy atom. The van der Waals surface area contributed by atoms with Gasteiger partial charge >= 0.3 is 5.97 Å². The van der Waals surface area contributed by atoms with Crippen LogP contribution in [0.25, 0.3) is 0 Å². The minimum absolute atomic E-state index is 0.0475. The van der Waals surface area contributed by atoms with Gasteiger partial charge in [-0.1, -0.05) is 6.92 Å². The average Bonchev–Trinajstić information content (AvgIpc) is 2.76. The molecule has 1 N–H and O–H groups in total. The number of esters is 1. The van der Waals surface area contributed by atoms with Gasteiger partial charge in [0.1, 0.15) is 11.4 Å². The van der Waals surface area contributed by atoms with Crippen LogP contribution in [0.15, 0.2) is 34.8 Å². The zero-order valence-corrected chi connectivity index (χ0v) is 18.7. The molecule has 0 atom stereocenters. The lowest BCUT2D eigenvalue weighted by Gasteiger charge is -2.14. The Labute approximate surface area is 186 Å². The van der Waals surface area contributed by atoms with Gasteiger partial charge in [0.15, 0.2) is 18.1 Å². The van der Waals surface area contributed by atoms with E-state index in [0.29, 0.717) is 22.6 Å². The predicted molar refractivity (Wildman–Crippen MR) is 115 cm³/mol. The van der Waals surface area contributed by atoms with Gasteiger partial charge in [-0.25, -0.2) is 4.79 Å². The predicted octanol–water partition coefficient (Wildman–Crippen LogP) is 3.96. The van der Waals surface area contributed by atoms with Crippen molar-refractivity contribution < 1.29 is 33.5 Å². The average molecular weight is 497 g/mol. The first-order valence-corrected chi connectivity index (χ1v) is 9.89. The zero-order valence-electron chi connectivity index (χ0n) is 17.1. The summed E-state index contributed by atoms with van der Waals surface area (Å²) in [5, 5.41) is 13.5.